The van der Waals surface area contributed by atoms with Crippen molar-refractivity contribution in [1.82, 2.24) is 0 Å². The minimum Gasteiger partial charge on any atom is -0.319 e. The molecule has 21 heavy (non-hydrogen) atoms. The Morgan fingerprint density at radius 2 is 1.90 bits per heavy atom. The molecule has 108 valence electrons. The van der Waals surface area contributed by atoms with Crippen LogP contribution in [0.15, 0.2) is 48.5 Å². The van der Waals surface area contributed by atoms with E-state index in [0.717, 1.165) is 5.56 Å². The number of anilines is 1. The molecular weight excluding hydrogens is 292 g/mol. The molecule has 0 radical (unpaired) electrons. The first kappa shape index (κ1) is 15.0. The highest BCUT2D eigenvalue weighted by molar-refractivity contribution is 6.32. The molecule has 2 aromatic carbocycles. The summed E-state index contributed by atoms with van der Waals surface area (Å²) in [6, 6.07) is 13.4. The van der Waals surface area contributed by atoms with Crippen molar-refractivity contribution in [2.45, 2.75) is 12.3 Å². The van der Waals surface area contributed by atoms with Crippen LogP contribution in [0.4, 0.5) is 11.4 Å². The summed E-state index contributed by atoms with van der Waals surface area (Å²) in [5, 5.41) is 12.6. The molecule has 0 aromatic heterocycles. The van der Waals surface area contributed by atoms with Gasteiger partial charge in [-0.05, 0) is 24.1 Å². The molecule has 2 aromatic rings. The Bertz CT molecular complexity index is 674. The molecule has 0 aliphatic heterocycles. The van der Waals surface area contributed by atoms with Crippen molar-refractivity contribution in [2.24, 2.45) is 0 Å². The van der Waals surface area contributed by atoms with Gasteiger partial charge in [0.25, 0.3) is 5.69 Å². The average Bonchev–Trinajstić information content (AvgIpc) is 2.49. The third-order valence-corrected chi connectivity index (χ3v) is 3.38. The van der Waals surface area contributed by atoms with Crippen LogP contribution in [0.1, 0.15) is 16.5 Å². The first-order chi connectivity index (χ1) is 9.99. The minimum absolute atomic E-state index is 0.136. The fraction of sp³-hybridized carbons (Fsp3) is 0.133. The van der Waals surface area contributed by atoms with Gasteiger partial charge in [-0.1, -0.05) is 36.4 Å². The summed E-state index contributed by atoms with van der Waals surface area (Å²) in [4.78, 5) is 22.6. The lowest BCUT2D eigenvalue weighted by atomic mass is 10.1. The Morgan fingerprint density at radius 3 is 2.52 bits per heavy atom. The highest BCUT2D eigenvalue weighted by atomic mass is 35.5. The first-order valence-corrected chi connectivity index (χ1v) is 6.67. The Hall–Kier alpha value is -2.40. The quantitative estimate of drug-likeness (QED) is 0.530. The largest absolute Gasteiger partial charge is 0.319 e. The van der Waals surface area contributed by atoms with Crippen molar-refractivity contribution in [3.05, 3.63) is 69.8 Å². The highest BCUT2D eigenvalue weighted by Gasteiger charge is 2.21. The van der Waals surface area contributed by atoms with Crippen molar-refractivity contribution in [2.75, 3.05) is 5.32 Å². The van der Waals surface area contributed by atoms with Crippen LogP contribution in [0.5, 0.6) is 0 Å². The molecule has 0 heterocycles. The molecule has 0 bridgehead atoms. The second-order valence-electron chi connectivity index (χ2n) is 4.54. The van der Waals surface area contributed by atoms with E-state index in [1.807, 2.05) is 6.07 Å². The van der Waals surface area contributed by atoms with Gasteiger partial charge in [0.1, 0.15) is 11.1 Å². The fourth-order valence-corrected chi connectivity index (χ4v) is 2.07. The second-order valence-corrected chi connectivity index (χ2v) is 4.98. The van der Waals surface area contributed by atoms with Crippen molar-refractivity contribution < 1.29 is 9.72 Å². The summed E-state index contributed by atoms with van der Waals surface area (Å²) in [5.41, 5.74) is 1.36. The van der Waals surface area contributed by atoms with Gasteiger partial charge in [0.15, 0.2) is 0 Å². The van der Waals surface area contributed by atoms with E-state index in [4.69, 9.17) is 11.6 Å². The maximum atomic E-state index is 12.1. The summed E-state index contributed by atoms with van der Waals surface area (Å²) in [5.74, 6) is -0.505. The number of nitrogens with one attached hydrogen (secondary N) is 1. The van der Waals surface area contributed by atoms with Crippen LogP contribution < -0.4 is 5.32 Å². The van der Waals surface area contributed by atoms with Gasteiger partial charge < -0.3 is 5.32 Å². The van der Waals surface area contributed by atoms with E-state index in [2.05, 4.69) is 5.32 Å². The summed E-state index contributed by atoms with van der Waals surface area (Å²) in [6.07, 6.45) is 0. The van der Waals surface area contributed by atoms with Crippen molar-refractivity contribution in [1.29, 1.82) is 0 Å². The molecular formula is C15H13ClN2O3. The molecule has 0 saturated heterocycles. The number of alkyl halides is 1. The molecule has 0 aliphatic rings. The summed E-state index contributed by atoms with van der Waals surface area (Å²) >= 11 is 6.09. The molecule has 0 saturated carbocycles. The van der Waals surface area contributed by atoms with Crippen LogP contribution in [0.25, 0.3) is 0 Å². The third kappa shape index (κ3) is 3.58. The molecule has 1 amide bonds. The highest BCUT2D eigenvalue weighted by Crippen LogP contribution is 2.28. The summed E-state index contributed by atoms with van der Waals surface area (Å²) < 4.78 is 0. The minimum atomic E-state index is -0.910. The van der Waals surface area contributed by atoms with E-state index in [9.17, 15) is 14.9 Å². The average molecular weight is 305 g/mol. The van der Waals surface area contributed by atoms with E-state index in [1.54, 1.807) is 37.3 Å². The number of nitro benzene ring substituents is 1. The maximum Gasteiger partial charge on any atom is 0.293 e. The molecule has 5 nitrogen and oxygen atoms in total. The number of carbonyl (C=O) groups is 1. The number of halogens is 1. The Kier molecular flexibility index (Phi) is 4.55. The van der Waals surface area contributed by atoms with E-state index in [0.29, 0.717) is 5.56 Å². The standard InChI is InChI=1S/C15H13ClN2O3/c1-10-7-8-12(13(9-10)18(20)21)17-15(19)14(16)11-5-3-2-4-6-11/h2-9,14H,1H3,(H,17,19)/t14-/m1/s1. The third-order valence-electron chi connectivity index (χ3n) is 2.93. The van der Waals surface area contributed by atoms with Gasteiger partial charge in [-0.2, -0.15) is 0 Å². The predicted octanol–water partition coefficient (Wildman–Crippen LogP) is 3.82. The van der Waals surface area contributed by atoms with Gasteiger partial charge in [-0.15, -0.1) is 11.6 Å². The van der Waals surface area contributed by atoms with Gasteiger partial charge >= 0.3 is 0 Å². The van der Waals surface area contributed by atoms with Crippen LogP contribution >= 0.6 is 11.6 Å². The number of amides is 1. The Balaban J connectivity index is 2.22. The Labute approximate surface area is 126 Å². The Morgan fingerprint density at radius 1 is 1.24 bits per heavy atom. The molecule has 6 heteroatoms. The molecule has 1 atom stereocenters. The second kappa shape index (κ2) is 6.37. The smallest absolute Gasteiger partial charge is 0.293 e. The van der Waals surface area contributed by atoms with E-state index in [-0.39, 0.29) is 11.4 Å². The van der Waals surface area contributed by atoms with Crippen LogP contribution in [0.3, 0.4) is 0 Å². The first-order valence-electron chi connectivity index (χ1n) is 6.24. The molecule has 0 fully saturated rings. The number of rotatable bonds is 4. The summed E-state index contributed by atoms with van der Waals surface area (Å²) in [7, 11) is 0. The number of hydrogen-bond acceptors (Lipinski definition) is 3. The van der Waals surface area contributed by atoms with Gasteiger partial charge in [0.05, 0.1) is 4.92 Å². The lowest BCUT2D eigenvalue weighted by Crippen LogP contribution is -2.18. The van der Waals surface area contributed by atoms with Gasteiger partial charge in [-0.3, -0.25) is 14.9 Å². The van der Waals surface area contributed by atoms with Crippen LogP contribution in [-0.2, 0) is 4.79 Å². The maximum absolute atomic E-state index is 12.1. The molecule has 2 rings (SSSR count). The van der Waals surface area contributed by atoms with Crippen molar-refractivity contribution in [3.63, 3.8) is 0 Å². The van der Waals surface area contributed by atoms with Gasteiger partial charge in [0.2, 0.25) is 5.91 Å². The predicted molar refractivity (Wildman–Crippen MR) is 81.5 cm³/mol. The number of nitro groups is 1. The topological polar surface area (TPSA) is 72.2 Å². The number of benzene rings is 2. The zero-order valence-corrected chi connectivity index (χ0v) is 12.0. The molecule has 0 unspecified atom stereocenters. The lowest BCUT2D eigenvalue weighted by Gasteiger charge is -2.11. The normalized spacial score (nSPS) is 11.7. The molecule has 0 aliphatic carbocycles. The SMILES string of the molecule is Cc1ccc(NC(=O)[C@H](Cl)c2ccccc2)c([N+](=O)[O-])c1. The summed E-state index contributed by atoms with van der Waals surface area (Å²) in [6.45, 7) is 1.74. The number of aryl methyl sites for hydroxylation is 1. The molecule has 1 N–H and O–H groups in total. The number of hydrogen-bond donors (Lipinski definition) is 1. The molecule has 0 spiro atoms. The van der Waals surface area contributed by atoms with Crippen molar-refractivity contribution in [3.8, 4) is 0 Å². The zero-order chi connectivity index (χ0) is 15.4. The van der Waals surface area contributed by atoms with Crippen LogP contribution in [0, 0.1) is 17.0 Å². The number of carbonyl (C=O) groups excluding carboxylic acids is 1. The van der Waals surface area contributed by atoms with Gasteiger partial charge in [-0.25, -0.2) is 0 Å². The lowest BCUT2D eigenvalue weighted by molar-refractivity contribution is -0.384. The number of nitrogens with zero attached hydrogens (tertiary/aromatic N) is 1. The van der Waals surface area contributed by atoms with E-state index in [1.165, 1.54) is 12.1 Å². The van der Waals surface area contributed by atoms with Crippen LogP contribution in [-0.4, -0.2) is 10.8 Å². The monoisotopic (exact) mass is 304 g/mol. The van der Waals surface area contributed by atoms with E-state index < -0.39 is 16.2 Å². The zero-order valence-electron chi connectivity index (χ0n) is 11.2. The van der Waals surface area contributed by atoms with E-state index >= 15 is 0 Å². The van der Waals surface area contributed by atoms with Crippen LogP contribution in [0.2, 0.25) is 0 Å². The fourth-order valence-electron chi connectivity index (χ4n) is 1.87. The van der Waals surface area contributed by atoms with Gasteiger partial charge in [0, 0.05) is 6.07 Å². The van der Waals surface area contributed by atoms with Crippen molar-refractivity contribution >= 4 is 28.9 Å².